The van der Waals surface area contributed by atoms with Crippen LogP contribution in [0.5, 0.6) is 0 Å². The molecule has 0 radical (unpaired) electrons. The van der Waals surface area contributed by atoms with Crippen LogP contribution in [0.3, 0.4) is 0 Å². The van der Waals surface area contributed by atoms with Gasteiger partial charge in [-0.2, -0.15) is 0 Å². The zero-order chi connectivity index (χ0) is 12.5. The molecule has 0 amide bonds. The van der Waals surface area contributed by atoms with E-state index in [2.05, 4.69) is 10.3 Å². The smallest absolute Gasteiger partial charge is 0.126 e. The van der Waals surface area contributed by atoms with Crippen LogP contribution in [-0.2, 0) is 16.9 Å². The molecule has 3 rings (SSSR count). The number of pyridine rings is 1. The largest absolute Gasteiger partial charge is 0.383 e. The number of fused-ring (bicyclic) bond motifs is 2. The van der Waals surface area contributed by atoms with Gasteiger partial charge in [-0.1, -0.05) is 13.8 Å². The van der Waals surface area contributed by atoms with Crippen molar-refractivity contribution in [3.63, 3.8) is 0 Å². The number of anilines is 1. The predicted octanol–water partition coefficient (Wildman–Crippen LogP) is 1.72. The molecule has 4 heteroatoms. The molecule has 0 aliphatic carbocycles. The summed E-state index contributed by atoms with van der Waals surface area (Å²) in [5, 5.41) is 3.36. The predicted molar refractivity (Wildman–Crippen MR) is 68.7 cm³/mol. The van der Waals surface area contributed by atoms with Crippen molar-refractivity contribution in [1.29, 1.82) is 0 Å². The molecule has 2 aliphatic heterocycles. The molecule has 1 atom stereocenters. The van der Waals surface area contributed by atoms with Crippen LogP contribution < -0.4 is 11.1 Å². The highest BCUT2D eigenvalue weighted by atomic mass is 16.5. The van der Waals surface area contributed by atoms with E-state index in [0.717, 1.165) is 25.1 Å². The van der Waals surface area contributed by atoms with E-state index in [4.69, 9.17) is 10.5 Å². The Hall–Kier alpha value is -1.13. The first-order chi connectivity index (χ1) is 8.23. The SMILES string of the molecule is CC.Cc1c(N)ncc2c1C1(CCNC1)OC2. The van der Waals surface area contributed by atoms with E-state index in [1.807, 2.05) is 27.0 Å². The normalized spacial score (nSPS) is 25.6. The van der Waals surface area contributed by atoms with Gasteiger partial charge in [0.25, 0.3) is 0 Å². The van der Waals surface area contributed by atoms with E-state index in [1.165, 1.54) is 11.1 Å². The molecule has 0 saturated carbocycles. The second kappa shape index (κ2) is 4.63. The van der Waals surface area contributed by atoms with Crippen LogP contribution in [0.2, 0.25) is 0 Å². The molecule has 3 N–H and O–H groups in total. The minimum Gasteiger partial charge on any atom is -0.383 e. The molecule has 1 aromatic heterocycles. The van der Waals surface area contributed by atoms with Crippen molar-refractivity contribution in [2.45, 2.75) is 39.4 Å². The summed E-state index contributed by atoms with van der Waals surface area (Å²) in [4.78, 5) is 4.18. The summed E-state index contributed by atoms with van der Waals surface area (Å²) in [5.41, 5.74) is 9.30. The summed E-state index contributed by atoms with van der Waals surface area (Å²) < 4.78 is 5.95. The fraction of sp³-hybridized carbons (Fsp3) is 0.615. The Balaban J connectivity index is 0.000000514. The molecule has 3 heterocycles. The van der Waals surface area contributed by atoms with Gasteiger partial charge in [0.05, 0.1) is 6.61 Å². The number of nitrogen functional groups attached to an aromatic ring is 1. The number of nitrogens with one attached hydrogen (secondary N) is 1. The van der Waals surface area contributed by atoms with E-state index in [0.29, 0.717) is 12.4 Å². The molecule has 1 aromatic rings. The maximum atomic E-state index is 5.95. The number of nitrogens with zero attached hydrogens (tertiary/aromatic N) is 1. The zero-order valence-electron chi connectivity index (χ0n) is 10.8. The summed E-state index contributed by atoms with van der Waals surface area (Å²) in [6.07, 6.45) is 2.88. The first-order valence-corrected chi connectivity index (χ1v) is 6.32. The lowest BCUT2D eigenvalue weighted by molar-refractivity contribution is -0.0221. The van der Waals surface area contributed by atoms with Gasteiger partial charge >= 0.3 is 0 Å². The fourth-order valence-electron chi connectivity index (χ4n) is 2.72. The summed E-state index contributed by atoms with van der Waals surface area (Å²) >= 11 is 0. The average Bonchev–Trinajstić information content (AvgIpc) is 2.97. The minimum absolute atomic E-state index is 0.128. The molecule has 2 aliphatic rings. The Kier molecular flexibility index (Phi) is 3.35. The fourth-order valence-corrected chi connectivity index (χ4v) is 2.72. The molecular formula is C13H21N3O. The van der Waals surface area contributed by atoms with Gasteiger partial charge in [-0.15, -0.1) is 0 Å². The van der Waals surface area contributed by atoms with Crippen molar-refractivity contribution in [3.8, 4) is 0 Å². The first kappa shape index (κ1) is 12.3. The van der Waals surface area contributed by atoms with Crippen LogP contribution in [-0.4, -0.2) is 18.1 Å². The number of aromatic nitrogens is 1. The minimum atomic E-state index is -0.128. The second-order valence-corrected chi connectivity index (χ2v) is 4.38. The lowest BCUT2D eigenvalue weighted by Gasteiger charge is -2.24. The number of nitrogens with two attached hydrogens (primary N) is 1. The van der Waals surface area contributed by atoms with Crippen LogP contribution in [0.15, 0.2) is 6.20 Å². The Morgan fingerprint density at radius 1 is 1.47 bits per heavy atom. The number of hydrogen-bond acceptors (Lipinski definition) is 4. The highest BCUT2D eigenvalue weighted by Gasteiger charge is 2.44. The van der Waals surface area contributed by atoms with Crippen molar-refractivity contribution >= 4 is 5.82 Å². The average molecular weight is 235 g/mol. The highest BCUT2D eigenvalue weighted by molar-refractivity contribution is 5.51. The van der Waals surface area contributed by atoms with Crippen LogP contribution in [0.1, 0.15) is 37.0 Å². The van der Waals surface area contributed by atoms with Crippen LogP contribution in [0.4, 0.5) is 5.82 Å². The standard InChI is InChI=1S/C11H15N3O.C2H6/c1-7-9-8(4-14-10(7)12)5-15-11(9)2-3-13-6-11;1-2/h4,13H,2-3,5-6H2,1H3,(H2,12,14);1-2H3. The van der Waals surface area contributed by atoms with Gasteiger partial charge < -0.3 is 15.8 Å². The maximum Gasteiger partial charge on any atom is 0.126 e. The quantitative estimate of drug-likeness (QED) is 0.719. The topological polar surface area (TPSA) is 60.2 Å². The van der Waals surface area contributed by atoms with Gasteiger partial charge in [0.15, 0.2) is 0 Å². The van der Waals surface area contributed by atoms with E-state index >= 15 is 0 Å². The van der Waals surface area contributed by atoms with Crippen LogP contribution >= 0.6 is 0 Å². The molecular weight excluding hydrogens is 214 g/mol. The molecule has 94 valence electrons. The Labute approximate surface area is 103 Å². The number of ether oxygens (including phenoxy) is 1. The third-order valence-corrected chi connectivity index (χ3v) is 3.52. The van der Waals surface area contributed by atoms with Crippen molar-refractivity contribution < 1.29 is 4.74 Å². The summed E-state index contributed by atoms with van der Waals surface area (Å²) in [7, 11) is 0. The van der Waals surface area contributed by atoms with Gasteiger partial charge in [0, 0.05) is 18.3 Å². The molecule has 17 heavy (non-hydrogen) atoms. The van der Waals surface area contributed by atoms with Crippen molar-refractivity contribution in [3.05, 3.63) is 22.9 Å². The third kappa shape index (κ3) is 1.81. The Morgan fingerprint density at radius 3 is 2.88 bits per heavy atom. The van der Waals surface area contributed by atoms with Crippen molar-refractivity contribution in [1.82, 2.24) is 10.3 Å². The van der Waals surface area contributed by atoms with E-state index in [1.54, 1.807) is 0 Å². The molecule has 1 unspecified atom stereocenters. The van der Waals surface area contributed by atoms with Crippen LogP contribution in [0.25, 0.3) is 0 Å². The van der Waals surface area contributed by atoms with Gasteiger partial charge in [0.2, 0.25) is 0 Å². The molecule has 4 nitrogen and oxygen atoms in total. The van der Waals surface area contributed by atoms with Gasteiger partial charge in [-0.05, 0) is 31.0 Å². The number of rotatable bonds is 0. The molecule has 1 spiro atoms. The summed E-state index contributed by atoms with van der Waals surface area (Å²) in [6.45, 7) is 8.62. The second-order valence-electron chi connectivity index (χ2n) is 4.38. The van der Waals surface area contributed by atoms with Crippen molar-refractivity contribution in [2.24, 2.45) is 0 Å². The van der Waals surface area contributed by atoms with E-state index in [9.17, 15) is 0 Å². The highest BCUT2D eigenvalue weighted by Crippen LogP contribution is 2.43. The molecule has 1 saturated heterocycles. The first-order valence-electron chi connectivity index (χ1n) is 6.32. The van der Waals surface area contributed by atoms with Gasteiger partial charge in [-0.25, -0.2) is 4.98 Å². The lowest BCUT2D eigenvalue weighted by Crippen LogP contribution is -2.29. The van der Waals surface area contributed by atoms with Gasteiger partial charge in [-0.3, -0.25) is 0 Å². The maximum absolute atomic E-state index is 5.95. The molecule has 0 aromatic carbocycles. The zero-order valence-corrected chi connectivity index (χ0v) is 10.8. The third-order valence-electron chi connectivity index (χ3n) is 3.52. The van der Waals surface area contributed by atoms with Gasteiger partial charge in [0.1, 0.15) is 11.4 Å². The molecule has 0 bridgehead atoms. The lowest BCUT2D eigenvalue weighted by atomic mass is 9.89. The number of hydrogen-bond donors (Lipinski definition) is 2. The summed E-state index contributed by atoms with van der Waals surface area (Å²) in [6, 6.07) is 0. The molecule has 1 fully saturated rings. The van der Waals surface area contributed by atoms with E-state index < -0.39 is 0 Å². The Bertz CT molecular complexity index is 411. The summed E-state index contributed by atoms with van der Waals surface area (Å²) in [5.74, 6) is 0.630. The monoisotopic (exact) mass is 235 g/mol. The van der Waals surface area contributed by atoms with E-state index in [-0.39, 0.29) is 5.60 Å². The van der Waals surface area contributed by atoms with Crippen LogP contribution in [0, 0.1) is 6.92 Å². The Morgan fingerprint density at radius 2 is 2.24 bits per heavy atom. The van der Waals surface area contributed by atoms with Crippen molar-refractivity contribution in [2.75, 3.05) is 18.8 Å².